The number of nitrogens with two attached hydrogens (primary N) is 1. The normalized spacial score (nSPS) is 20.4. The highest BCUT2D eigenvalue weighted by molar-refractivity contribution is 5.24. The van der Waals surface area contributed by atoms with Gasteiger partial charge in [-0.2, -0.15) is 0 Å². The van der Waals surface area contributed by atoms with Crippen LogP contribution in [0.4, 0.5) is 0 Å². The maximum atomic E-state index is 5.85. The number of hydrogen-bond acceptors (Lipinski definition) is 2. The van der Waals surface area contributed by atoms with Crippen molar-refractivity contribution in [3.8, 4) is 0 Å². The zero-order valence-electron chi connectivity index (χ0n) is 11.0. The van der Waals surface area contributed by atoms with E-state index >= 15 is 0 Å². The van der Waals surface area contributed by atoms with E-state index in [1.807, 2.05) is 6.92 Å². The molecule has 2 rings (SSSR count). The van der Waals surface area contributed by atoms with Gasteiger partial charge in [-0.15, -0.1) is 0 Å². The van der Waals surface area contributed by atoms with Crippen molar-refractivity contribution in [1.82, 2.24) is 4.90 Å². The molecule has 1 aromatic carbocycles. The van der Waals surface area contributed by atoms with Crippen LogP contribution in [0, 0.1) is 5.92 Å². The third-order valence-electron chi connectivity index (χ3n) is 3.79. The van der Waals surface area contributed by atoms with Crippen molar-refractivity contribution in [1.29, 1.82) is 0 Å². The minimum Gasteiger partial charge on any atom is -0.324 e. The summed E-state index contributed by atoms with van der Waals surface area (Å²) in [6.45, 7) is 7.97. The third-order valence-corrected chi connectivity index (χ3v) is 3.79. The Morgan fingerprint density at radius 3 is 2.35 bits per heavy atom. The van der Waals surface area contributed by atoms with Crippen LogP contribution in [0.2, 0.25) is 0 Å². The molecule has 0 bridgehead atoms. The van der Waals surface area contributed by atoms with E-state index in [0.29, 0.717) is 0 Å². The molecule has 1 aliphatic heterocycles. The molecule has 0 amide bonds. The molecular weight excluding hydrogens is 208 g/mol. The predicted molar refractivity (Wildman–Crippen MR) is 72.7 cm³/mol. The molecule has 0 aliphatic carbocycles. The highest BCUT2D eigenvalue weighted by Gasteiger charge is 2.15. The molecule has 0 radical (unpaired) electrons. The van der Waals surface area contributed by atoms with E-state index in [1.165, 1.54) is 37.1 Å². The summed E-state index contributed by atoms with van der Waals surface area (Å²) in [5.41, 5.74) is 8.48. The first-order valence-electron chi connectivity index (χ1n) is 6.72. The van der Waals surface area contributed by atoms with Crippen molar-refractivity contribution in [2.45, 2.75) is 39.3 Å². The van der Waals surface area contributed by atoms with Gasteiger partial charge in [-0.05, 0) is 49.9 Å². The van der Waals surface area contributed by atoms with Crippen molar-refractivity contribution in [3.63, 3.8) is 0 Å². The lowest BCUT2D eigenvalue weighted by molar-refractivity contribution is 0.185. The fourth-order valence-electron chi connectivity index (χ4n) is 2.40. The molecule has 2 heteroatoms. The fourth-order valence-corrected chi connectivity index (χ4v) is 2.40. The molecule has 17 heavy (non-hydrogen) atoms. The summed E-state index contributed by atoms with van der Waals surface area (Å²) < 4.78 is 0. The lowest BCUT2D eigenvalue weighted by Gasteiger charge is -2.30. The van der Waals surface area contributed by atoms with Crippen LogP contribution in [0.1, 0.15) is 43.9 Å². The number of hydrogen-bond donors (Lipinski definition) is 1. The molecule has 1 saturated heterocycles. The SMILES string of the molecule is CC1CCN(Cc2ccc(C(C)N)cc2)CC1. The quantitative estimate of drug-likeness (QED) is 0.868. The van der Waals surface area contributed by atoms with Crippen molar-refractivity contribution in [3.05, 3.63) is 35.4 Å². The van der Waals surface area contributed by atoms with Crippen molar-refractivity contribution < 1.29 is 0 Å². The molecule has 1 heterocycles. The van der Waals surface area contributed by atoms with Crippen LogP contribution in [0.25, 0.3) is 0 Å². The molecule has 0 spiro atoms. The van der Waals surface area contributed by atoms with Crippen LogP contribution in [0.15, 0.2) is 24.3 Å². The Morgan fingerprint density at radius 2 is 1.82 bits per heavy atom. The second-order valence-electron chi connectivity index (χ2n) is 5.49. The smallest absolute Gasteiger partial charge is 0.0266 e. The summed E-state index contributed by atoms with van der Waals surface area (Å²) in [6.07, 6.45) is 2.69. The Kier molecular flexibility index (Phi) is 4.19. The Hall–Kier alpha value is -0.860. The minimum absolute atomic E-state index is 0.139. The Labute approximate surface area is 105 Å². The summed E-state index contributed by atoms with van der Waals surface area (Å²) >= 11 is 0. The Balaban J connectivity index is 1.90. The van der Waals surface area contributed by atoms with Crippen LogP contribution in [0.3, 0.4) is 0 Å². The number of likely N-dealkylation sites (tertiary alicyclic amines) is 1. The molecule has 1 aliphatic rings. The van der Waals surface area contributed by atoms with Gasteiger partial charge in [0.1, 0.15) is 0 Å². The maximum Gasteiger partial charge on any atom is 0.0266 e. The van der Waals surface area contributed by atoms with Gasteiger partial charge in [0, 0.05) is 12.6 Å². The van der Waals surface area contributed by atoms with Gasteiger partial charge in [-0.3, -0.25) is 4.90 Å². The van der Waals surface area contributed by atoms with Gasteiger partial charge in [0.15, 0.2) is 0 Å². The summed E-state index contributed by atoms with van der Waals surface area (Å²) in [5.74, 6) is 0.909. The second-order valence-corrected chi connectivity index (χ2v) is 5.49. The minimum atomic E-state index is 0.139. The van der Waals surface area contributed by atoms with Gasteiger partial charge in [0.05, 0.1) is 0 Å². The van der Waals surface area contributed by atoms with Crippen LogP contribution < -0.4 is 5.73 Å². The zero-order valence-corrected chi connectivity index (χ0v) is 11.0. The number of piperidine rings is 1. The highest BCUT2D eigenvalue weighted by Crippen LogP contribution is 2.18. The van der Waals surface area contributed by atoms with E-state index in [4.69, 9.17) is 5.73 Å². The number of rotatable bonds is 3. The molecule has 1 unspecified atom stereocenters. The predicted octanol–water partition coefficient (Wildman–Crippen LogP) is 2.94. The monoisotopic (exact) mass is 232 g/mol. The lowest BCUT2D eigenvalue weighted by atomic mass is 9.98. The van der Waals surface area contributed by atoms with E-state index < -0.39 is 0 Å². The first-order chi connectivity index (χ1) is 8.15. The first-order valence-corrected chi connectivity index (χ1v) is 6.72. The van der Waals surface area contributed by atoms with E-state index in [0.717, 1.165) is 12.5 Å². The summed E-state index contributed by atoms with van der Waals surface area (Å²) in [4.78, 5) is 2.56. The molecule has 0 saturated carbocycles. The highest BCUT2D eigenvalue weighted by atomic mass is 15.1. The molecule has 2 nitrogen and oxygen atoms in total. The van der Waals surface area contributed by atoms with Crippen LogP contribution >= 0.6 is 0 Å². The largest absolute Gasteiger partial charge is 0.324 e. The van der Waals surface area contributed by atoms with E-state index in [1.54, 1.807) is 0 Å². The molecule has 2 N–H and O–H groups in total. The fraction of sp³-hybridized carbons (Fsp3) is 0.600. The summed E-state index contributed by atoms with van der Waals surface area (Å²) in [7, 11) is 0. The third kappa shape index (κ3) is 3.55. The number of nitrogens with zero attached hydrogens (tertiary/aromatic N) is 1. The summed E-state index contributed by atoms with van der Waals surface area (Å²) in [6, 6.07) is 8.90. The van der Waals surface area contributed by atoms with Gasteiger partial charge >= 0.3 is 0 Å². The summed E-state index contributed by atoms with van der Waals surface area (Å²) in [5, 5.41) is 0. The van der Waals surface area contributed by atoms with Crippen molar-refractivity contribution in [2.75, 3.05) is 13.1 Å². The molecule has 0 aromatic heterocycles. The molecule has 1 aromatic rings. The average Bonchev–Trinajstić information content (AvgIpc) is 2.33. The van der Waals surface area contributed by atoms with E-state index in [-0.39, 0.29) is 6.04 Å². The van der Waals surface area contributed by atoms with Gasteiger partial charge < -0.3 is 5.73 Å². The van der Waals surface area contributed by atoms with E-state index in [2.05, 4.69) is 36.1 Å². The molecule has 1 fully saturated rings. The number of benzene rings is 1. The van der Waals surface area contributed by atoms with Crippen LogP contribution in [-0.4, -0.2) is 18.0 Å². The van der Waals surface area contributed by atoms with Gasteiger partial charge in [-0.1, -0.05) is 31.2 Å². The van der Waals surface area contributed by atoms with Crippen molar-refractivity contribution in [2.24, 2.45) is 11.7 Å². The van der Waals surface area contributed by atoms with E-state index in [9.17, 15) is 0 Å². The van der Waals surface area contributed by atoms with Crippen LogP contribution in [-0.2, 0) is 6.54 Å². The standard InChI is InChI=1S/C15H24N2/c1-12-7-9-17(10-8-12)11-14-3-5-15(6-4-14)13(2)16/h3-6,12-13H,7-11,16H2,1-2H3. The second kappa shape index (κ2) is 5.65. The van der Waals surface area contributed by atoms with Gasteiger partial charge in [0.25, 0.3) is 0 Å². The van der Waals surface area contributed by atoms with Gasteiger partial charge in [-0.25, -0.2) is 0 Å². The van der Waals surface area contributed by atoms with Crippen LogP contribution in [0.5, 0.6) is 0 Å². The molecular formula is C15H24N2. The Bertz CT molecular complexity index is 334. The zero-order chi connectivity index (χ0) is 12.3. The van der Waals surface area contributed by atoms with Gasteiger partial charge in [0.2, 0.25) is 0 Å². The van der Waals surface area contributed by atoms with Crippen molar-refractivity contribution >= 4 is 0 Å². The topological polar surface area (TPSA) is 29.3 Å². The lowest BCUT2D eigenvalue weighted by Crippen LogP contribution is -2.32. The molecule has 94 valence electrons. The average molecular weight is 232 g/mol. The first kappa shape index (κ1) is 12.6. The maximum absolute atomic E-state index is 5.85. The Morgan fingerprint density at radius 1 is 1.24 bits per heavy atom. The molecule has 1 atom stereocenters.